The molecule has 0 radical (unpaired) electrons. The molecular formula is C17H25N3O3. The Morgan fingerprint density at radius 1 is 1.43 bits per heavy atom. The summed E-state index contributed by atoms with van der Waals surface area (Å²) in [5, 5.41) is 16.9. The van der Waals surface area contributed by atoms with E-state index in [2.05, 4.69) is 15.6 Å². The van der Waals surface area contributed by atoms with Crippen molar-refractivity contribution in [3.63, 3.8) is 0 Å². The van der Waals surface area contributed by atoms with Crippen LogP contribution in [-0.4, -0.2) is 43.0 Å². The molecule has 6 heteroatoms. The van der Waals surface area contributed by atoms with Crippen molar-refractivity contribution < 1.29 is 14.6 Å². The second kappa shape index (κ2) is 7.08. The molecule has 3 atom stereocenters. The van der Waals surface area contributed by atoms with Gasteiger partial charge in [0, 0.05) is 12.1 Å². The summed E-state index contributed by atoms with van der Waals surface area (Å²) in [6, 6.07) is 5.77. The van der Waals surface area contributed by atoms with Gasteiger partial charge in [-0.15, -0.1) is 0 Å². The van der Waals surface area contributed by atoms with Crippen LogP contribution in [0.1, 0.15) is 31.7 Å². The zero-order valence-electron chi connectivity index (χ0n) is 13.7. The van der Waals surface area contributed by atoms with E-state index < -0.39 is 0 Å². The molecule has 0 aromatic heterocycles. The van der Waals surface area contributed by atoms with Crippen LogP contribution in [-0.2, 0) is 11.3 Å². The predicted molar refractivity (Wildman–Crippen MR) is 88.9 cm³/mol. The molecule has 6 nitrogen and oxygen atoms in total. The maximum atomic E-state index is 10.1. The number of fused-ring (bicyclic) bond motifs is 2. The van der Waals surface area contributed by atoms with Crippen LogP contribution in [0.2, 0.25) is 0 Å². The third kappa shape index (κ3) is 3.52. The standard InChI is InChI=1S/C17H25N3O3/c1-3-18-17(20-13-9-12-7-8-14(13)23-12)19-10-11-5-4-6-15(22-2)16(11)21/h4-6,12-14,21H,3,7-10H2,1-2H3,(H2,18,19,20). The molecule has 3 rings (SSSR count). The third-order valence-corrected chi connectivity index (χ3v) is 4.48. The lowest BCUT2D eigenvalue weighted by atomic mass is 9.96. The number of nitrogens with one attached hydrogen (secondary N) is 2. The van der Waals surface area contributed by atoms with Gasteiger partial charge in [-0.05, 0) is 32.3 Å². The first-order valence-electron chi connectivity index (χ1n) is 8.26. The minimum Gasteiger partial charge on any atom is -0.504 e. The van der Waals surface area contributed by atoms with Gasteiger partial charge >= 0.3 is 0 Å². The van der Waals surface area contributed by atoms with E-state index in [0.29, 0.717) is 30.5 Å². The molecule has 2 saturated heterocycles. The number of phenolic OH excluding ortho intramolecular Hbond substituents is 1. The minimum atomic E-state index is 0.151. The fraction of sp³-hybridized carbons (Fsp3) is 0.588. The van der Waals surface area contributed by atoms with E-state index in [4.69, 9.17) is 9.47 Å². The van der Waals surface area contributed by atoms with E-state index in [1.165, 1.54) is 6.42 Å². The molecule has 2 heterocycles. The van der Waals surface area contributed by atoms with Gasteiger partial charge in [0.1, 0.15) is 0 Å². The zero-order chi connectivity index (χ0) is 16.2. The van der Waals surface area contributed by atoms with E-state index in [9.17, 15) is 5.11 Å². The number of benzene rings is 1. The van der Waals surface area contributed by atoms with Gasteiger partial charge in [0.25, 0.3) is 0 Å². The number of hydrogen-bond donors (Lipinski definition) is 3. The van der Waals surface area contributed by atoms with Crippen LogP contribution in [0.25, 0.3) is 0 Å². The Labute approximate surface area is 136 Å². The smallest absolute Gasteiger partial charge is 0.191 e. The van der Waals surface area contributed by atoms with Gasteiger partial charge in [0.15, 0.2) is 17.5 Å². The Bertz CT molecular complexity index is 576. The molecule has 0 amide bonds. The van der Waals surface area contributed by atoms with Gasteiger partial charge in [-0.25, -0.2) is 4.99 Å². The molecule has 1 aromatic carbocycles. The molecular weight excluding hydrogens is 294 g/mol. The fourth-order valence-electron chi connectivity index (χ4n) is 3.31. The zero-order valence-corrected chi connectivity index (χ0v) is 13.7. The topological polar surface area (TPSA) is 75.1 Å². The first kappa shape index (κ1) is 15.9. The quantitative estimate of drug-likeness (QED) is 0.570. The summed E-state index contributed by atoms with van der Waals surface area (Å²) in [5.41, 5.74) is 0.741. The van der Waals surface area contributed by atoms with Gasteiger partial charge in [0.2, 0.25) is 0 Å². The van der Waals surface area contributed by atoms with E-state index >= 15 is 0 Å². The Hall–Kier alpha value is -1.95. The molecule has 0 aliphatic carbocycles. The normalized spacial score (nSPS) is 26.3. The number of rotatable bonds is 5. The molecule has 0 saturated carbocycles. The van der Waals surface area contributed by atoms with Crippen molar-refractivity contribution in [2.24, 2.45) is 4.99 Å². The lowest BCUT2D eigenvalue weighted by molar-refractivity contribution is 0.0992. The van der Waals surface area contributed by atoms with Gasteiger partial charge in [-0.3, -0.25) is 0 Å². The van der Waals surface area contributed by atoms with E-state index in [1.807, 2.05) is 19.1 Å². The molecule has 3 N–H and O–H groups in total. The summed E-state index contributed by atoms with van der Waals surface area (Å²) in [7, 11) is 1.54. The number of para-hydroxylation sites is 1. The Morgan fingerprint density at radius 2 is 2.30 bits per heavy atom. The van der Waals surface area contributed by atoms with Gasteiger partial charge < -0.3 is 25.2 Å². The summed E-state index contributed by atoms with van der Waals surface area (Å²) in [4.78, 5) is 4.59. The van der Waals surface area contributed by atoms with E-state index in [1.54, 1.807) is 13.2 Å². The highest BCUT2D eigenvalue weighted by molar-refractivity contribution is 5.80. The maximum Gasteiger partial charge on any atom is 0.191 e. The van der Waals surface area contributed by atoms with Crippen LogP contribution < -0.4 is 15.4 Å². The number of methoxy groups -OCH3 is 1. The Balaban J connectivity index is 1.67. The molecule has 2 aliphatic heterocycles. The number of ether oxygens (including phenoxy) is 2. The van der Waals surface area contributed by atoms with Gasteiger partial charge in [0.05, 0.1) is 31.9 Å². The number of hydrogen-bond acceptors (Lipinski definition) is 4. The molecule has 2 bridgehead atoms. The minimum absolute atomic E-state index is 0.151. The van der Waals surface area contributed by atoms with E-state index in [-0.39, 0.29) is 5.75 Å². The van der Waals surface area contributed by atoms with Crippen LogP contribution in [0.15, 0.2) is 23.2 Å². The number of aromatic hydroxyl groups is 1. The maximum absolute atomic E-state index is 10.1. The molecule has 23 heavy (non-hydrogen) atoms. The Morgan fingerprint density at radius 3 is 2.96 bits per heavy atom. The second-order valence-corrected chi connectivity index (χ2v) is 6.02. The first-order valence-corrected chi connectivity index (χ1v) is 8.26. The van der Waals surface area contributed by atoms with E-state index in [0.717, 1.165) is 30.9 Å². The molecule has 1 aromatic rings. The van der Waals surface area contributed by atoms with Crippen molar-refractivity contribution in [2.75, 3.05) is 13.7 Å². The second-order valence-electron chi connectivity index (χ2n) is 6.02. The largest absolute Gasteiger partial charge is 0.504 e. The summed E-state index contributed by atoms with van der Waals surface area (Å²) < 4.78 is 11.0. The van der Waals surface area contributed by atoms with Crippen molar-refractivity contribution in [1.82, 2.24) is 10.6 Å². The van der Waals surface area contributed by atoms with Crippen molar-refractivity contribution in [2.45, 2.75) is 51.0 Å². The average Bonchev–Trinajstić information content (AvgIpc) is 3.16. The van der Waals surface area contributed by atoms with Crippen molar-refractivity contribution in [3.05, 3.63) is 23.8 Å². The molecule has 0 spiro atoms. The fourth-order valence-corrected chi connectivity index (χ4v) is 3.31. The Kier molecular flexibility index (Phi) is 4.91. The number of guanidine groups is 1. The van der Waals surface area contributed by atoms with Crippen LogP contribution >= 0.6 is 0 Å². The molecule has 126 valence electrons. The number of nitrogens with zero attached hydrogens (tertiary/aromatic N) is 1. The molecule has 2 aliphatic rings. The summed E-state index contributed by atoms with van der Waals surface area (Å²) in [5.74, 6) is 1.38. The van der Waals surface area contributed by atoms with Crippen LogP contribution in [0, 0.1) is 0 Å². The number of aliphatic imine (C=N–C) groups is 1. The number of phenols is 1. The van der Waals surface area contributed by atoms with Gasteiger partial charge in [-0.1, -0.05) is 12.1 Å². The highest BCUT2D eigenvalue weighted by Crippen LogP contribution is 2.34. The lowest BCUT2D eigenvalue weighted by Crippen LogP contribution is -2.47. The molecule has 3 unspecified atom stereocenters. The summed E-state index contributed by atoms with van der Waals surface area (Å²) >= 11 is 0. The first-order chi connectivity index (χ1) is 11.2. The highest BCUT2D eigenvalue weighted by Gasteiger charge is 2.41. The SMILES string of the molecule is CCNC(=NCc1cccc(OC)c1O)NC1CC2CCC1O2. The summed E-state index contributed by atoms with van der Waals surface area (Å²) in [6.07, 6.45) is 4.04. The third-order valence-electron chi connectivity index (χ3n) is 4.48. The van der Waals surface area contributed by atoms with Crippen LogP contribution in [0.5, 0.6) is 11.5 Å². The van der Waals surface area contributed by atoms with Crippen molar-refractivity contribution in [1.29, 1.82) is 0 Å². The van der Waals surface area contributed by atoms with Crippen LogP contribution in [0.4, 0.5) is 0 Å². The monoisotopic (exact) mass is 319 g/mol. The molecule has 2 fully saturated rings. The van der Waals surface area contributed by atoms with Crippen molar-refractivity contribution >= 4 is 5.96 Å². The van der Waals surface area contributed by atoms with Gasteiger partial charge in [-0.2, -0.15) is 0 Å². The highest BCUT2D eigenvalue weighted by atomic mass is 16.5. The predicted octanol–water partition coefficient (Wildman–Crippen LogP) is 1.78. The average molecular weight is 319 g/mol. The van der Waals surface area contributed by atoms with Crippen molar-refractivity contribution in [3.8, 4) is 11.5 Å². The van der Waals surface area contributed by atoms with Crippen LogP contribution in [0.3, 0.4) is 0 Å². The lowest BCUT2D eigenvalue weighted by Gasteiger charge is -2.22. The summed E-state index contributed by atoms with van der Waals surface area (Å²) in [6.45, 7) is 3.22.